The van der Waals surface area contributed by atoms with E-state index in [0.717, 1.165) is 0 Å². The van der Waals surface area contributed by atoms with Gasteiger partial charge < -0.3 is 23.9 Å². The van der Waals surface area contributed by atoms with E-state index in [0.29, 0.717) is 18.5 Å². The van der Waals surface area contributed by atoms with Crippen molar-refractivity contribution in [1.29, 1.82) is 0 Å². The molecule has 1 aliphatic heterocycles. The smallest absolute Gasteiger partial charge is 0.332 e. The Morgan fingerprint density at radius 3 is 2.86 bits per heavy atom. The summed E-state index contributed by atoms with van der Waals surface area (Å²) in [4.78, 5) is 45.4. The van der Waals surface area contributed by atoms with Crippen LogP contribution in [0.5, 0.6) is 0 Å². The average molecular weight is 394 g/mol. The zero-order valence-electron chi connectivity index (χ0n) is 15.6. The van der Waals surface area contributed by atoms with Gasteiger partial charge in [-0.1, -0.05) is 0 Å². The molecule has 3 rings (SSSR count). The van der Waals surface area contributed by atoms with Crippen LogP contribution in [0, 0.1) is 0 Å². The Hall–Kier alpha value is -2.79. The quantitative estimate of drug-likeness (QED) is 0.627. The summed E-state index contributed by atoms with van der Waals surface area (Å²) in [6.07, 6.45) is 3.28. The second-order valence-corrected chi connectivity index (χ2v) is 6.56. The topological polar surface area (TPSA) is 135 Å². The summed E-state index contributed by atoms with van der Waals surface area (Å²) < 4.78 is 22.5. The van der Waals surface area contributed by atoms with Gasteiger partial charge in [0.25, 0.3) is 5.56 Å². The first-order valence-electron chi connectivity index (χ1n) is 8.92. The number of aromatic nitrogens is 4. The minimum Gasteiger partial charge on any atom is -0.461 e. The summed E-state index contributed by atoms with van der Waals surface area (Å²) in [6, 6.07) is 0. The maximum absolute atomic E-state index is 11.7. The highest BCUT2D eigenvalue weighted by Gasteiger charge is 2.29. The van der Waals surface area contributed by atoms with Crippen LogP contribution in [0.4, 0.5) is 0 Å². The Balaban J connectivity index is 1.42. The molecule has 2 atom stereocenters. The fourth-order valence-electron chi connectivity index (χ4n) is 2.83. The van der Waals surface area contributed by atoms with Gasteiger partial charge in [0.15, 0.2) is 11.2 Å². The van der Waals surface area contributed by atoms with Gasteiger partial charge in [-0.15, -0.1) is 0 Å². The van der Waals surface area contributed by atoms with Crippen molar-refractivity contribution >= 4 is 23.1 Å². The van der Waals surface area contributed by atoms with Crippen LogP contribution in [0.3, 0.4) is 0 Å². The molecule has 1 fully saturated rings. The van der Waals surface area contributed by atoms with Crippen LogP contribution in [0.2, 0.25) is 0 Å². The number of H-pyrrole nitrogens is 1. The van der Waals surface area contributed by atoms with Gasteiger partial charge in [-0.2, -0.15) is 0 Å². The standard InChI is InChI=1S/C17H22N4O7/c1-10(2)27-14(23)7-25-6-13(22)26-5-11-3-4-12(28-11)21-9-20-15-16(21)18-8-19-17(15)24/h8-12H,3-7H2,1-2H3,(H,18,19,24). The van der Waals surface area contributed by atoms with Crippen molar-refractivity contribution in [2.24, 2.45) is 0 Å². The highest BCUT2D eigenvalue weighted by Crippen LogP contribution is 2.29. The molecule has 3 heterocycles. The second kappa shape index (κ2) is 8.93. The SMILES string of the molecule is CC(C)OC(=O)COCC(=O)OCC1CCC(n2cnc3c(=O)[nH]cnc32)O1. The van der Waals surface area contributed by atoms with Crippen LogP contribution in [0.1, 0.15) is 32.9 Å². The maximum Gasteiger partial charge on any atom is 0.332 e. The molecule has 11 heteroatoms. The first kappa shape index (κ1) is 20.0. The lowest BCUT2D eigenvalue weighted by Crippen LogP contribution is -2.24. The Morgan fingerprint density at radius 1 is 1.29 bits per heavy atom. The van der Waals surface area contributed by atoms with Crippen molar-refractivity contribution in [3.8, 4) is 0 Å². The van der Waals surface area contributed by atoms with E-state index in [1.165, 1.54) is 12.7 Å². The Morgan fingerprint density at radius 2 is 2.07 bits per heavy atom. The Labute approximate surface area is 160 Å². The molecule has 1 aliphatic rings. The van der Waals surface area contributed by atoms with Gasteiger partial charge in [0.1, 0.15) is 26.0 Å². The molecule has 0 aliphatic carbocycles. The summed E-state index contributed by atoms with van der Waals surface area (Å²) in [5, 5.41) is 0. The predicted molar refractivity (Wildman–Crippen MR) is 94.3 cm³/mol. The van der Waals surface area contributed by atoms with Crippen molar-refractivity contribution in [3.05, 3.63) is 23.0 Å². The second-order valence-electron chi connectivity index (χ2n) is 6.56. The number of carbonyl (C=O) groups excluding carboxylic acids is 2. The third-order valence-electron chi connectivity index (χ3n) is 4.00. The van der Waals surface area contributed by atoms with Crippen LogP contribution in [0.15, 0.2) is 17.4 Å². The first-order valence-corrected chi connectivity index (χ1v) is 8.92. The zero-order chi connectivity index (χ0) is 20.1. The molecule has 0 bridgehead atoms. The van der Waals surface area contributed by atoms with Gasteiger partial charge in [-0.25, -0.2) is 19.6 Å². The van der Waals surface area contributed by atoms with Gasteiger partial charge in [0, 0.05) is 0 Å². The van der Waals surface area contributed by atoms with Crippen molar-refractivity contribution < 1.29 is 28.5 Å². The Kier molecular flexibility index (Phi) is 6.37. The van der Waals surface area contributed by atoms with E-state index in [9.17, 15) is 14.4 Å². The molecule has 0 saturated carbocycles. The number of nitrogens with zero attached hydrogens (tertiary/aromatic N) is 3. The summed E-state index contributed by atoms with van der Waals surface area (Å²) in [6.45, 7) is 2.86. The van der Waals surface area contributed by atoms with Crippen molar-refractivity contribution in [2.45, 2.75) is 45.1 Å². The van der Waals surface area contributed by atoms with E-state index >= 15 is 0 Å². The molecule has 1 N–H and O–H groups in total. The zero-order valence-corrected chi connectivity index (χ0v) is 15.6. The molecular weight excluding hydrogens is 372 g/mol. The molecule has 2 unspecified atom stereocenters. The molecule has 2 aromatic rings. The van der Waals surface area contributed by atoms with Gasteiger partial charge in [-0.05, 0) is 26.7 Å². The summed E-state index contributed by atoms with van der Waals surface area (Å²) in [7, 11) is 0. The molecule has 0 amide bonds. The van der Waals surface area contributed by atoms with Crippen LogP contribution in [-0.2, 0) is 28.5 Å². The number of rotatable bonds is 8. The molecular formula is C17H22N4O7. The molecule has 1 saturated heterocycles. The first-order chi connectivity index (χ1) is 13.4. The third kappa shape index (κ3) is 4.93. The number of imidazole rings is 1. The number of esters is 2. The summed E-state index contributed by atoms with van der Waals surface area (Å²) in [5.74, 6) is -1.13. The van der Waals surface area contributed by atoms with Crippen molar-refractivity contribution in [3.63, 3.8) is 0 Å². The van der Waals surface area contributed by atoms with Gasteiger partial charge in [0.2, 0.25) is 0 Å². The van der Waals surface area contributed by atoms with E-state index in [2.05, 4.69) is 15.0 Å². The molecule has 152 valence electrons. The molecule has 0 radical (unpaired) electrons. The average Bonchev–Trinajstić information content (AvgIpc) is 3.26. The maximum atomic E-state index is 11.7. The van der Waals surface area contributed by atoms with Gasteiger partial charge in [0.05, 0.1) is 24.9 Å². The number of aromatic amines is 1. The largest absolute Gasteiger partial charge is 0.461 e. The normalized spacial score (nSPS) is 19.2. The molecule has 0 spiro atoms. The highest BCUT2D eigenvalue weighted by atomic mass is 16.6. The molecule has 28 heavy (non-hydrogen) atoms. The fourth-order valence-corrected chi connectivity index (χ4v) is 2.83. The molecule has 2 aromatic heterocycles. The van der Waals surface area contributed by atoms with Crippen LogP contribution < -0.4 is 5.56 Å². The number of nitrogens with one attached hydrogen (secondary N) is 1. The molecule has 0 aromatic carbocycles. The minimum absolute atomic E-state index is 0.0653. The lowest BCUT2D eigenvalue weighted by molar-refractivity contribution is -0.159. The number of hydrogen-bond donors (Lipinski definition) is 1. The summed E-state index contributed by atoms with van der Waals surface area (Å²) >= 11 is 0. The van der Waals surface area contributed by atoms with E-state index < -0.39 is 11.9 Å². The van der Waals surface area contributed by atoms with Crippen LogP contribution in [0.25, 0.3) is 11.2 Å². The van der Waals surface area contributed by atoms with Gasteiger partial charge in [-0.3, -0.25) is 9.36 Å². The number of fused-ring (bicyclic) bond motifs is 1. The lowest BCUT2D eigenvalue weighted by Gasteiger charge is -2.15. The fraction of sp³-hybridized carbons (Fsp3) is 0.588. The van der Waals surface area contributed by atoms with Crippen LogP contribution >= 0.6 is 0 Å². The lowest BCUT2D eigenvalue weighted by atomic mass is 10.2. The third-order valence-corrected chi connectivity index (χ3v) is 4.00. The minimum atomic E-state index is -0.592. The Bertz CT molecular complexity index is 891. The van der Waals surface area contributed by atoms with E-state index in [4.69, 9.17) is 18.9 Å². The predicted octanol–water partition coefficient (Wildman–Crippen LogP) is 0.309. The van der Waals surface area contributed by atoms with E-state index in [1.54, 1.807) is 18.4 Å². The van der Waals surface area contributed by atoms with Gasteiger partial charge >= 0.3 is 11.9 Å². The summed E-state index contributed by atoms with van der Waals surface area (Å²) in [5.41, 5.74) is 0.367. The van der Waals surface area contributed by atoms with Crippen molar-refractivity contribution in [2.75, 3.05) is 19.8 Å². The van der Waals surface area contributed by atoms with Crippen molar-refractivity contribution in [1.82, 2.24) is 19.5 Å². The number of hydrogen-bond acceptors (Lipinski definition) is 9. The molecule has 11 nitrogen and oxygen atoms in total. The number of carbonyl (C=O) groups is 2. The number of ether oxygens (including phenoxy) is 4. The van der Waals surface area contributed by atoms with Crippen LogP contribution in [-0.4, -0.2) is 63.5 Å². The van der Waals surface area contributed by atoms with E-state index in [1.807, 2.05) is 0 Å². The van der Waals surface area contributed by atoms with E-state index in [-0.39, 0.29) is 49.3 Å². The monoisotopic (exact) mass is 394 g/mol. The highest BCUT2D eigenvalue weighted by molar-refractivity contribution is 5.73.